The maximum Gasteiger partial charge on any atom is 0.417 e. The zero-order valence-corrected chi connectivity index (χ0v) is 16.0. The molecule has 28 heavy (non-hydrogen) atoms. The van der Waals surface area contributed by atoms with Gasteiger partial charge in [0.2, 0.25) is 0 Å². The van der Waals surface area contributed by atoms with Crippen molar-refractivity contribution in [3.63, 3.8) is 0 Å². The van der Waals surface area contributed by atoms with E-state index in [1.807, 2.05) is 17.9 Å². The minimum absolute atomic E-state index is 0.138. The number of likely N-dealkylation sites (N-methyl/N-ethyl adjacent to an activating group) is 1. The zero-order chi connectivity index (χ0) is 20.5. The maximum absolute atomic E-state index is 13.4. The smallest absolute Gasteiger partial charge is 0.365 e. The largest absolute Gasteiger partial charge is 0.417 e. The van der Waals surface area contributed by atoms with Gasteiger partial charge < -0.3 is 4.90 Å². The monoisotopic (exact) mass is 389 g/mol. The number of halogens is 3. The number of nitriles is 1. The Morgan fingerprint density at radius 1 is 1.29 bits per heavy atom. The third-order valence-electron chi connectivity index (χ3n) is 5.29. The molecule has 0 amide bonds. The molecule has 2 aromatic rings. The second kappa shape index (κ2) is 7.30. The predicted molar refractivity (Wildman–Crippen MR) is 100 cm³/mol. The van der Waals surface area contributed by atoms with Gasteiger partial charge in [0, 0.05) is 12.2 Å². The highest BCUT2D eigenvalue weighted by Crippen LogP contribution is 2.41. The number of benzene rings is 1. The van der Waals surface area contributed by atoms with E-state index in [9.17, 15) is 13.2 Å². The third kappa shape index (κ3) is 3.75. The van der Waals surface area contributed by atoms with Crippen molar-refractivity contribution >= 4 is 11.4 Å². The van der Waals surface area contributed by atoms with E-state index in [2.05, 4.69) is 24.0 Å². The molecular formula is C20H22F3N5. The van der Waals surface area contributed by atoms with E-state index in [1.54, 1.807) is 29.3 Å². The van der Waals surface area contributed by atoms with Crippen molar-refractivity contribution < 1.29 is 13.2 Å². The molecule has 148 valence electrons. The molecule has 8 heteroatoms. The van der Waals surface area contributed by atoms with Crippen LogP contribution in [0.1, 0.15) is 44.7 Å². The molecule has 1 aliphatic rings. The van der Waals surface area contributed by atoms with Crippen LogP contribution in [0.4, 0.5) is 18.9 Å². The van der Waals surface area contributed by atoms with Crippen molar-refractivity contribution in [2.75, 3.05) is 11.4 Å². The van der Waals surface area contributed by atoms with Crippen LogP contribution in [0.3, 0.4) is 0 Å². The summed E-state index contributed by atoms with van der Waals surface area (Å²) >= 11 is 0. The average molecular weight is 389 g/mol. The van der Waals surface area contributed by atoms with Crippen LogP contribution in [-0.4, -0.2) is 27.6 Å². The van der Waals surface area contributed by atoms with Gasteiger partial charge in [-0.15, -0.1) is 0 Å². The Morgan fingerprint density at radius 3 is 2.54 bits per heavy atom. The highest BCUT2D eigenvalue weighted by atomic mass is 19.4. The van der Waals surface area contributed by atoms with Crippen molar-refractivity contribution in [1.29, 1.82) is 5.26 Å². The van der Waals surface area contributed by atoms with Crippen LogP contribution in [0.2, 0.25) is 0 Å². The lowest BCUT2D eigenvalue weighted by Gasteiger charge is -2.44. The number of hydrogen-bond donors (Lipinski definition) is 0. The second-order valence-electron chi connectivity index (χ2n) is 7.54. The van der Waals surface area contributed by atoms with Crippen LogP contribution >= 0.6 is 0 Å². The van der Waals surface area contributed by atoms with Gasteiger partial charge in [0.15, 0.2) is 0 Å². The lowest BCUT2D eigenvalue weighted by atomic mass is 9.74. The molecular weight excluding hydrogens is 367 g/mol. The lowest BCUT2D eigenvalue weighted by Crippen LogP contribution is -2.46. The highest BCUT2D eigenvalue weighted by molar-refractivity contribution is 5.58. The molecule has 0 radical (unpaired) electrons. The van der Waals surface area contributed by atoms with Crippen LogP contribution in [0.25, 0.3) is 5.70 Å². The van der Waals surface area contributed by atoms with Gasteiger partial charge in [0.1, 0.15) is 0 Å². The summed E-state index contributed by atoms with van der Waals surface area (Å²) in [6.07, 6.45) is 2.30. The van der Waals surface area contributed by atoms with Gasteiger partial charge in [-0.3, -0.25) is 0 Å². The Kier molecular flexibility index (Phi) is 5.20. The minimum Gasteiger partial charge on any atom is -0.365 e. The van der Waals surface area contributed by atoms with E-state index in [4.69, 9.17) is 5.26 Å². The number of hydrogen-bond acceptors (Lipinski definition) is 4. The van der Waals surface area contributed by atoms with Crippen molar-refractivity contribution in [3.8, 4) is 6.07 Å². The fourth-order valence-electron chi connectivity index (χ4n) is 3.71. The summed E-state index contributed by atoms with van der Waals surface area (Å²) in [5.74, 6) is 0. The number of nitrogens with zero attached hydrogens (tertiary/aromatic N) is 5. The Hall–Kier alpha value is -2.82. The molecule has 1 atom stereocenters. The molecule has 3 rings (SSSR count). The summed E-state index contributed by atoms with van der Waals surface area (Å²) in [7, 11) is 0. The van der Waals surface area contributed by atoms with Crippen LogP contribution in [0.15, 0.2) is 36.7 Å². The lowest BCUT2D eigenvalue weighted by molar-refractivity contribution is -0.137. The Balaban J connectivity index is 2.07. The average Bonchev–Trinajstić information content (AvgIpc) is 3.17. The molecule has 1 aliphatic carbocycles. The summed E-state index contributed by atoms with van der Waals surface area (Å²) in [5, 5.41) is 17.4. The number of allylic oxidation sites excluding steroid dienone is 1. The quantitative estimate of drug-likeness (QED) is 0.759. The number of alkyl halides is 3. The fourth-order valence-corrected chi connectivity index (χ4v) is 3.71. The van der Waals surface area contributed by atoms with E-state index in [1.165, 1.54) is 6.07 Å². The molecule has 0 bridgehead atoms. The molecule has 0 fully saturated rings. The van der Waals surface area contributed by atoms with Crippen LogP contribution < -0.4 is 4.90 Å². The van der Waals surface area contributed by atoms with Gasteiger partial charge in [-0.1, -0.05) is 13.8 Å². The van der Waals surface area contributed by atoms with Gasteiger partial charge in [0.25, 0.3) is 0 Å². The minimum atomic E-state index is -4.58. The summed E-state index contributed by atoms with van der Waals surface area (Å²) in [6.45, 7) is 6.65. The SMILES string of the molecule is CCN(c1ccc(C#N)c(C(F)(F)F)c1)C1C=C(n2nccn2)CCC1(C)C. The highest BCUT2D eigenvalue weighted by Gasteiger charge is 2.38. The number of anilines is 1. The summed E-state index contributed by atoms with van der Waals surface area (Å²) in [6, 6.07) is 5.41. The normalized spacial score (nSPS) is 19.0. The molecule has 5 nitrogen and oxygen atoms in total. The number of aromatic nitrogens is 3. The molecule has 1 aromatic carbocycles. The van der Waals surface area contributed by atoms with E-state index < -0.39 is 11.7 Å². The van der Waals surface area contributed by atoms with Crippen LogP contribution in [0.5, 0.6) is 0 Å². The first-order valence-electron chi connectivity index (χ1n) is 9.12. The molecule has 0 spiro atoms. The van der Waals surface area contributed by atoms with E-state index in [0.29, 0.717) is 12.2 Å². The first-order valence-corrected chi connectivity index (χ1v) is 9.12. The molecule has 0 saturated carbocycles. The Bertz CT molecular complexity index is 907. The Labute approximate surface area is 162 Å². The molecule has 1 aromatic heterocycles. The van der Waals surface area contributed by atoms with Crippen molar-refractivity contribution in [2.24, 2.45) is 5.41 Å². The van der Waals surface area contributed by atoms with Gasteiger partial charge in [0.05, 0.1) is 41.3 Å². The molecule has 0 N–H and O–H groups in total. The van der Waals surface area contributed by atoms with Gasteiger partial charge in [-0.25, -0.2) is 0 Å². The van der Waals surface area contributed by atoms with E-state index in [-0.39, 0.29) is 17.0 Å². The van der Waals surface area contributed by atoms with Gasteiger partial charge >= 0.3 is 6.18 Å². The van der Waals surface area contributed by atoms with Crippen LogP contribution in [-0.2, 0) is 6.18 Å². The topological polar surface area (TPSA) is 57.7 Å². The zero-order valence-electron chi connectivity index (χ0n) is 16.0. The van der Waals surface area contributed by atoms with E-state index >= 15 is 0 Å². The summed E-state index contributed by atoms with van der Waals surface area (Å²) < 4.78 is 40.3. The third-order valence-corrected chi connectivity index (χ3v) is 5.29. The maximum atomic E-state index is 13.4. The molecule has 0 saturated heterocycles. The Morgan fingerprint density at radius 2 is 1.96 bits per heavy atom. The van der Waals surface area contributed by atoms with Gasteiger partial charge in [-0.05, 0) is 49.5 Å². The first kappa shape index (κ1) is 19.9. The van der Waals surface area contributed by atoms with E-state index in [0.717, 1.165) is 24.6 Å². The van der Waals surface area contributed by atoms with Crippen molar-refractivity contribution in [3.05, 3.63) is 47.8 Å². The first-order chi connectivity index (χ1) is 13.2. The predicted octanol–water partition coefficient (Wildman–Crippen LogP) is 4.72. The fraction of sp³-hybridized carbons (Fsp3) is 0.450. The van der Waals surface area contributed by atoms with Crippen molar-refractivity contribution in [2.45, 2.75) is 45.8 Å². The van der Waals surface area contributed by atoms with Crippen LogP contribution in [0, 0.1) is 16.7 Å². The number of rotatable bonds is 4. The molecule has 1 heterocycles. The summed E-state index contributed by atoms with van der Waals surface area (Å²) in [5.41, 5.74) is -0.0566. The standard InChI is InChI=1S/C20H22F3N5/c1-4-27(15-6-5-14(13-24)17(11-15)20(21,22)23)18-12-16(7-8-19(18,2)3)28-25-9-10-26-28/h5-6,9-12,18H,4,7-8H2,1-3H3. The van der Waals surface area contributed by atoms with Crippen molar-refractivity contribution in [1.82, 2.24) is 15.0 Å². The van der Waals surface area contributed by atoms with Gasteiger partial charge in [-0.2, -0.15) is 33.4 Å². The summed E-state index contributed by atoms with van der Waals surface area (Å²) in [4.78, 5) is 3.51. The second-order valence-corrected chi connectivity index (χ2v) is 7.54. The molecule has 0 aliphatic heterocycles. The molecule has 1 unspecified atom stereocenters.